The van der Waals surface area contributed by atoms with Crippen molar-refractivity contribution < 1.29 is 0 Å². The minimum absolute atomic E-state index is 0.327. The third kappa shape index (κ3) is 2.32. The van der Waals surface area contributed by atoms with E-state index in [-0.39, 0.29) is 0 Å². The van der Waals surface area contributed by atoms with Crippen LogP contribution in [-0.4, -0.2) is 14.8 Å². The Hall–Kier alpha value is -2.13. The summed E-state index contributed by atoms with van der Waals surface area (Å²) in [6.07, 6.45) is 0. The fourth-order valence-electron chi connectivity index (χ4n) is 2.22. The summed E-state index contributed by atoms with van der Waals surface area (Å²) in [5.74, 6) is 1.89. The number of hydrogen-bond acceptors (Lipinski definition) is 2. The zero-order chi connectivity index (χ0) is 13.9. The second-order valence-corrected chi connectivity index (χ2v) is 4.88. The molecule has 1 heterocycles. The Balaban J connectivity index is 2.21. The molecule has 1 aromatic heterocycles. The van der Waals surface area contributed by atoms with Crippen LogP contribution in [0.5, 0.6) is 0 Å². The maximum Gasteiger partial charge on any atom is 0.168 e. The largest absolute Gasteiger partial charge is 0.278 e. The van der Waals surface area contributed by atoms with E-state index in [0.29, 0.717) is 5.88 Å². The highest BCUT2D eigenvalue weighted by molar-refractivity contribution is 6.16. The molecule has 3 nitrogen and oxygen atoms in total. The van der Waals surface area contributed by atoms with Crippen molar-refractivity contribution in [2.75, 3.05) is 0 Å². The molecular formula is C16H14ClN3. The summed E-state index contributed by atoms with van der Waals surface area (Å²) in [5, 5.41) is 8.49. The maximum absolute atomic E-state index is 6.00. The van der Waals surface area contributed by atoms with Crippen LogP contribution in [0.1, 0.15) is 11.4 Å². The molecule has 2 aromatic carbocycles. The molecule has 4 heteroatoms. The number of halogens is 1. The SMILES string of the molecule is Cc1cccc(-n2c(CCl)nnc2-c2ccccc2)c1. The molecule has 0 N–H and O–H groups in total. The summed E-state index contributed by atoms with van der Waals surface area (Å²) in [7, 11) is 0. The number of benzene rings is 2. The molecule has 0 radical (unpaired) electrons. The van der Waals surface area contributed by atoms with Gasteiger partial charge in [-0.1, -0.05) is 42.5 Å². The van der Waals surface area contributed by atoms with Gasteiger partial charge in [0, 0.05) is 11.3 Å². The van der Waals surface area contributed by atoms with E-state index in [1.807, 2.05) is 47.0 Å². The van der Waals surface area contributed by atoms with Crippen LogP contribution in [0.15, 0.2) is 54.6 Å². The molecule has 0 spiro atoms. The lowest BCUT2D eigenvalue weighted by molar-refractivity contribution is 0.952. The predicted molar refractivity (Wildman–Crippen MR) is 81.1 cm³/mol. The van der Waals surface area contributed by atoms with Crippen molar-refractivity contribution in [3.63, 3.8) is 0 Å². The highest BCUT2D eigenvalue weighted by atomic mass is 35.5. The molecule has 3 rings (SSSR count). The van der Waals surface area contributed by atoms with Crippen LogP contribution in [0, 0.1) is 6.92 Å². The third-order valence-corrected chi connectivity index (χ3v) is 3.38. The summed E-state index contributed by atoms with van der Waals surface area (Å²) in [5.41, 5.74) is 3.25. The van der Waals surface area contributed by atoms with Gasteiger partial charge in [0.25, 0.3) is 0 Å². The van der Waals surface area contributed by atoms with Crippen molar-refractivity contribution in [2.24, 2.45) is 0 Å². The summed E-state index contributed by atoms with van der Waals surface area (Å²) in [4.78, 5) is 0. The van der Waals surface area contributed by atoms with Gasteiger partial charge in [-0.25, -0.2) is 0 Å². The molecule has 0 aliphatic carbocycles. The number of nitrogens with zero attached hydrogens (tertiary/aromatic N) is 3. The number of rotatable bonds is 3. The summed E-state index contributed by atoms with van der Waals surface area (Å²) < 4.78 is 2.01. The summed E-state index contributed by atoms with van der Waals surface area (Å²) in [6, 6.07) is 18.2. The minimum Gasteiger partial charge on any atom is -0.278 e. The molecule has 0 aliphatic rings. The number of aromatic nitrogens is 3. The van der Waals surface area contributed by atoms with E-state index < -0.39 is 0 Å². The molecule has 3 aromatic rings. The highest BCUT2D eigenvalue weighted by Crippen LogP contribution is 2.23. The van der Waals surface area contributed by atoms with Gasteiger partial charge in [0.15, 0.2) is 11.6 Å². The lowest BCUT2D eigenvalue weighted by Crippen LogP contribution is -2.02. The smallest absolute Gasteiger partial charge is 0.168 e. The van der Waals surface area contributed by atoms with Crippen LogP contribution in [0.25, 0.3) is 17.1 Å². The molecule has 0 saturated carbocycles. The topological polar surface area (TPSA) is 30.7 Å². The Kier molecular flexibility index (Phi) is 3.52. The Labute approximate surface area is 122 Å². The first-order valence-corrected chi connectivity index (χ1v) is 6.96. The second-order valence-electron chi connectivity index (χ2n) is 4.61. The van der Waals surface area contributed by atoms with Crippen LogP contribution >= 0.6 is 11.6 Å². The molecule has 100 valence electrons. The Bertz CT molecular complexity index is 720. The van der Waals surface area contributed by atoms with Crippen LogP contribution < -0.4 is 0 Å². The number of hydrogen-bond donors (Lipinski definition) is 0. The summed E-state index contributed by atoms with van der Waals surface area (Å²) >= 11 is 6.00. The van der Waals surface area contributed by atoms with E-state index in [0.717, 1.165) is 22.9 Å². The van der Waals surface area contributed by atoms with Crippen LogP contribution in [-0.2, 0) is 5.88 Å². The van der Waals surface area contributed by atoms with E-state index in [1.165, 1.54) is 5.56 Å². The van der Waals surface area contributed by atoms with Gasteiger partial charge < -0.3 is 0 Å². The fourth-order valence-corrected chi connectivity index (χ4v) is 2.39. The van der Waals surface area contributed by atoms with Crippen molar-refractivity contribution in [1.82, 2.24) is 14.8 Å². The lowest BCUT2D eigenvalue weighted by Gasteiger charge is -2.10. The average Bonchev–Trinajstić information content (AvgIpc) is 2.92. The first kappa shape index (κ1) is 12.9. The van der Waals surface area contributed by atoms with Gasteiger partial charge in [0.1, 0.15) is 0 Å². The van der Waals surface area contributed by atoms with Crippen molar-refractivity contribution in [1.29, 1.82) is 0 Å². The van der Waals surface area contributed by atoms with Gasteiger partial charge in [-0.15, -0.1) is 21.8 Å². The molecule has 0 bridgehead atoms. The van der Waals surface area contributed by atoms with E-state index in [9.17, 15) is 0 Å². The number of aryl methyl sites for hydroxylation is 1. The minimum atomic E-state index is 0.327. The van der Waals surface area contributed by atoms with Crippen molar-refractivity contribution >= 4 is 11.6 Å². The quantitative estimate of drug-likeness (QED) is 0.681. The van der Waals surface area contributed by atoms with Gasteiger partial charge in [-0.3, -0.25) is 4.57 Å². The third-order valence-electron chi connectivity index (χ3n) is 3.14. The highest BCUT2D eigenvalue weighted by Gasteiger charge is 2.14. The fraction of sp³-hybridized carbons (Fsp3) is 0.125. The average molecular weight is 284 g/mol. The lowest BCUT2D eigenvalue weighted by atomic mass is 10.2. The van der Waals surface area contributed by atoms with Crippen LogP contribution in [0.3, 0.4) is 0 Å². The molecule has 20 heavy (non-hydrogen) atoms. The van der Waals surface area contributed by atoms with Gasteiger partial charge in [-0.05, 0) is 24.6 Å². The molecule has 0 unspecified atom stereocenters. The van der Waals surface area contributed by atoms with Crippen molar-refractivity contribution in [2.45, 2.75) is 12.8 Å². The number of alkyl halides is 1. The van der Waals surface area contributed by atoms with Crippen molar-refractivity contribution in [3.05, 3.63) is 66.0 Å². The normalized spacial score (nSPS) is 10.7. The molecule has 0 atom stereocenters. The van der Waals surface area contributed by atoms with E-state index >= 15 is 0 Å². The van der Waals surface area contributed by atoms with Gasteiger partial charge in [0.05, 0.1) is 5.88 Å². The predicted octanol–water partition coefficient (Wildman–Crippen LogP) is 3.98. The Morgan fingerprint density at radius 3 is 2.50 bits per heavy atom. The molecule has 0 fully saturated rings. The monoisotopic (exact) mass is 283 g/mol. The maximum atomic E-state index is 6.00. The van der Waals surface area contributed by atoms with E-state index in [2.05, 4.69) is 29.3 Å². The van der Waals surface area contributed by atoms with Gasteiger partial charge in [0.2, 0.25) is 0 Å². The molecule has 0 aliphatic heterocycles. The zero-order valence-corrected chi connectivity index (χ0v) is 11.9. The standard InChI is InChI=1S/C16H14ClN3/c1-12-6-5-9-14(10-12)20-15(11-17)18-19-16(20)13-7-3-2-4-8-13/h2-10H,11H2,1H3. The van der Waals surface area contributed by atoms with Gasteiger partial charge >= 0.3 is 0 Å². The van der Waals surface area contributed by atoms with Gasteiger partial charge in [-0.2, -0.15) is 0 Å². The summed E-state index contributed by atoms with van der Waals surface area (Å²) in [6.45, 7) is 2.07. The van der Waals surface area contributed by atoms with Crippen LogP contribution in [0.2, 0.25) is 0 Å². The molecule has 0 amide bonds. The zero-order valence-electron chi connectivity index (χ0n) is 11.1. The van der Waals surface area contributed by atoms with E-state index in [4.69, 9.17) is 11.6 Å². The molecular weight excluding hydrogens is 270 g/mol. The Morgan fingerprint density at radius 1 is 1.00 bits per heavy atom. The van der Waals surface area contributed by atoms with Crippen LogP contribution in [0.4, 0.5) is 0 Å². The van der Waals surface area contributed by atoms with E-state index in [1.54, 1.807) is 0 Å². The Morgan fingerprint density at radius 2 is 1.80 bits per heavy atom. The van der Waals surface area contributed by atoms with Crippen molar-refractivity contribution in [3.8, 4) is 17.1 Å². The first-order chi connectivity index (χ1) is 9.79. The molecule has 0 saturated heterocycles. The second kappa shape index (κ2) is 5.47. The first-order valence-electron chi connectivity index (χ1n) is 6.42.